The molecular weight excluding hydrogens is 384 g/mol. The highest BCUT2D eigenvalue weighted by Gasteiger charge is 2.12. The topological polar surface area (TPSA) is 82.8 Å². The molecule has 4 aromatic rings. The molecule has 0 aliphatic rings. The summed E-state index contributed by atoms with van der Waals surface area (Å²) in [5.41, 5.74) is 1.06. The third-order valence-electron chi connectivity index (χ3n) is 4.72. The molecule has 4 rings (SSSR count). The standard InChI is InChI=1S/C24H18O6/c1-15(25)16-6-9-19(10-7-16)28-14-23(27)29-13-18-12-22(26)30-21-11-8-17-4-2-3-5-20(17)24(18)21/h2-12H,13-14H2,1H3. The van der Waals surface area contributed by atoms with Gasteiger partial charge in [-0.15, -0.1) is 0 Å². The Hall–Kier alpha value is -3.93. The molecule has 0 atom stereocenters. The van der Waals surface area contributed by atoms with Crippen molar-refractivity contribution in [3.05, 3.63) is 88.3 Å². The van der Waals surface area contributed by atoms with Gasteiger partial charge in [0.15, 0.2) is 12.4 Å². The van der Waals surface area contributed by atoms with Crippen LogP contribution in [0, 0.1) is 0 Å². The SMILES string of the molecule is CC(=O)c1ccc(OCC(=O)OCc2cc(=O)oc3ccc4ccccc4c23)cc1. The predicted octanol–water partition coefficient (Wildman–Crippen LogP) is 4.27. The van der Waals surface area contributed by atoms with E-state index < -0.39 is 11.6 Å². The Balaban J connectivity index is 1.49. The minimum atomic E-state index is -0.577. The Labute approximate surface area is 171 Å². The largest absolute Gasteiger partial charge is 0.482 e. The zero-order valence-electron chi connectivity index (χ0n) is 16.2. The summed E-state index contributed by atoms with van der Waals surface area (Å²) in [4.78, 5) is 35.4. The Bertz CT molecular complexity index is 1300. The Kier molecular flexibility index (Phi) is 5.30. The number of fused-ring (bicyclic) bond motifs is 3. The van der Waals surface area contributed by atoms with Crippen LogP contribution in [0.3, 0.4) is 0 Å². The van der Waals surface area contributed by atoms with Crippen molar-refractivity contribution in [2.45, 2.75) is 13.5 Å². The normalized spacial score (nSPS) is 10.8. The van der Waals surface area contributed by atoms with Gasteiger partial charge in [0.1, 0.15) is 17.9 Å². The number of hydrogen-bond donors (Lipinski definition) is 0. The van der Waals surface area contributed by atoms with Crippen LogP contribution < -0.4 is 10.4 Å². The number of ketones is 1. The van der Waals surface area contributed by atoms with Gasteiger partial charge in [0, 0.05) is 22.6 Å². The van der Waals surface area contributed by atoms with Gasteiger partial charge in [-0.2, -0.15) is 0 Å². The maximum Gasteiger partial charge on any atom is 0.344 e. The molecule has 150 valence electrons. The van der Waals surface area contributed by atoms with Crippen LogP contribution in [0.4, 0.5) is 0 Å². The van der Waals surface area contributed by atoms with Gasteiger partial charge in [-0.25, -0.2) is 9.59 Å². The van der Waals surface area contributed by atoms with Crippen LogP contribution in [0.2, 0.25) is 0 Å². The van der Waals surface area contributed by atoms with Crippen molar-refractivity contribution in [1.82, 2.24) is 0 Å². The quantitative estimate of drug-likeness (QED) is 0.207. The third kappa shape index (κ3) is 4.07. The van der Waals surface area contributed by atoms with Crippen molar-refractivity contribution in [2.75, 3.05) is 6.61 Å². The molecule has 0 fully saturated rings. The summed E-state index contributed by atoms with van der Waals surface area (Å²) in [7, 11) is 0. The van der Waals surface area contributed by atoms with Gasteiger partial charge < -0.3 is 13.9 Å². The average molecular weight is 402 g/mol. The molecule has 0 radical (unpaired) electrons. The van der Waals surface area contributed by atoms with Gasteiger partial charge in [0.05, 0.1) is 0 Å². The van der Waals surface area contributed by atoms with Gasteiger partial charge >= 0.3 is 11.6 Å². The predicted molar refractivity (Wildman–Crippen MR) is 112 cm³/mol. The van der Waals surface area contributed by atoms with Crippen LogP contribution in [-0.2, 0) is 16.1 Å². The van der Waals surface area contributed by atoms with E-state index in [2.05, 4.69) is 0 Å². The summed E-state index contributed by atoms with van der Waals surface area (Å²) in [5.74, 6) is -0.172. The summed E-state index contributed by atoms with van der Waals surface area (Å²) in [6.07, 6.45) is 0. The van der Waals surface area contributed by atoms with Crippen LogP contribution in [-0.4, -0.2) is 18.4 Å². The fourth-order valence-electron chi connectivity index (χ4n) is 3.26. The van der Waals surface area contributed by atoms with E-state index in [9.17, 15) is 14.4 Å². The first kappa shape index (κ1) is 19.4. The van der Waals surface area contributed by atoms with Gasteiger partial charge in [-0.3, -0.25) is 4.79 Å². The lowest BCUT2D eigenvalue weighted by molar-refractivity contribution is -0.147. The fourth-order valence-corrected chi connectivity index (χ4v) is 3.26. The van der Waals surface area contributed by atoms with E-state index in [0.717, 1.165) is 16.2 Å². The molecule has 1 heterocycles. The number of esters is 1. The first-order chi connectivity index (χ1) is 14.5. The molecule has 0 N–H and O–H groups in total. The molecule has 30 heavy (non-hydrogen) atoms. The minimum absolute atomic E-state index is 0.0481. The number of benzene rings is 3. The zero-order chi connectivity index (χ0) is 21.1. The molecule has 1 aromatic heterocycles. The second kappa shape index (κ2) is 8.21. The van der Waals surface area contributed by atoms with Crippen molar-refractivity contribution in [1.29, 1.82) is 0 Å². The number of Topliss-reactive ketones (excluding diaryl/α,β-unsaturated/α-hetero) is 1. The zero-order valence-corrected chi connectivity index (χ0v) is 16.2. The van der Waals surface area contributed by atoms with E-state index in [1.54, 1.807) is 30.3 Å². The van der Waals surface area contributed by atoms with Crippen LogP contribution in [0.25, 0.3) is 21.7 Å². The number of carbonyl (C=O) groups is 2. The number of hydrogen-bond acceptors (Lipinski definition) is 6. The number of carbonyl (C=O) groups excluding carboxylic acids is 2. The summed E-state index contributed by atoms with van der Waals surface area (Å²) < 4.78 is 16.0. The maximum atomic E-state index is 12.1. The van der Waals surface area contributed by atoms with Crippen molar-refractivity contribution >= 4 is 33.5 Å². The molecule has 0 aliphatic carbocycles. The summed E-state index contributed by atoms with van der Waals surface area (Å²) >= 11 is 0. The first-order valence-corrected chi connectivity index (χ1v) is 9.35. The lowest BCUT2D eigenvalue weighted by Gasteiger charge is -2.10. The summed E-state index contributed by atoms with van der Waals surface area (Å²) in [6, 6.07) is 19.1. The Morgan fingerprint density at radius 2 is 1.73 bits per heavy atom. The summed E-state index contributed by atoms with van der Waals surface area (Å²) in [6.45, 7) is 1.10. The molecular formula is C24H18O6. The van der Waals surface area contributed by atoms with Crippen molar-refractivity contribution in [3.63, 3.8) is 0 Å². The Morgan fingerprint density at radius 3 is 2.50 bits per heavy atom. The highest BCUT2D eigenvalue weighted by molar-refractivity contribution is 6.07. The van der Waals surface area contributed by atoms with Crippen molar-refractivity contribution in [2.24, 2.45) is 0 Å². The first-order valence-electron chi connectivity index (χ1n) is 9.35. The molecule has 0 saturated heterocycles. The van der Waals surface area contributed by atoms with Crippen LogP contribution >= 0.6 is 0 Å². The molecule has 0 bridgehead atoms. The van der Waals surface area contributed by atoms with Gasteiger partial charge in [-0.05, 0) is 48.0 Å². The summed E-state index contributed by atoms with van der Waals surface area (Å²) in [5, 5.41) is 2.64. The van der Waals surface area contributed by atoms with Crippen molar-refractivity contribution in [3.8, 4) is 5.75 Å². The van der Waals surface area contributed by atoms with Crippen LogP contribution in [0.5, 0.6) is 5.75 Å². The number of ether oxygens (including phenoxy) is 2. The second-order valence-corrected chi connectivity index (χ2v) is 6.78. The van der Waals surface area contributed by atoms with E-state index >= 15 is 0 Å². The maximum absolute atomic E-state index is 12.1. The third-order valence-corrected chi connectivity index (χ3v) is 4.72. The second-order valence-electron chi connectivity index (χ2n) is 6.78. The average Bonchev–Trinajstić information content (AvgIpc) is 2.75. The molecule has 6 nitrogen and oxygen atoms in total. The van der Waals surface area contributed by atoms with Crippen molar-refractivity contribution < 1.29 is 23.5 Å². The lowest BCUT2D eigenvalue weighted by Crippen LogP contribution is -2.15. The van der Waals surface area contributed by atoms with E-state index in [-0.39, 0.29) is 19.0 Å². The van der Waals surface area contributed by atoms with Crippen LogP contribution in [0.1, 0.15) is 22.8 Å². The molecule has 0 aliphatic heterocycles. The van der Waals surface area contributed by atoms with Gasteiger partial charge in [-0.1, -0.05) is 30.3 Å². The monoisotopic (exact) mass is 402 g/mol. The molecule has 0 saturated carbocycles. The van der Waals surface area contributed by atoms with E-state index in [1.165, 1.54) is 13.0 Å². The van der Waals surface area contributed by atoms with E-state index in [0.29, 0.717) is 22.5 Å². The minimum Gasteiger partial charge on any atom is -0.482 e. The smallest absolute Gasteiger partial charge is 0.344 e. The molecule has 3 aromatic carbocycles. The van der Waals surface area contributed by atoms with Crippen LogP contribution in [0.15, 0.2) is 75.9 Å². The lowest BCUT2D eigenvalue weighted by atomic mass is 10.0. The number of rotatable bonds is 6. The van der Waals surface area contributed by atoms with Gasteiger partial charge in [0.25, 0.3) is 0 Å². The molecule has 0 spiro atoms. The van der Waals surface area contributed by atoms with Gasteiger partial charge in [0.2, 0.25) is 0 Å². The van der Waals surface area contributed by atoms with E-state index in [1.807, 2.05) is 30.3 Å². The van der Waals surface area contributed by atoms with E-state index in [4.69, 9.17) is 13.9 Å². The highest BCUT2D eigenvalue weighted by atomic mass is 16.6. The molecule has 0 unspecified atom stereocenters. The molecule has 6 heteroatoms. The highest BCUT2D eigenvalue weighted by Crippen LogP contribution is 2.27. The molecule has 0 amide bonds. The fraction of sp³-hybridized carbons (Fsp3) is 0.125. The Morgan fingerprint density at radius 1 is 0.967 bits per heavy atom.